The number of nitrogens with zero attached hydrogens (tertiary/aromatic N) is 3. The summed E-state index contributed by atoms with van der Waals surface area (Å²) in [5, 5.41) is 5.21. The quantitative estimate of drug-likeness (QED) is 0.481. The topological polar surface area (TPSA) is 115 Å². The van der Waals surface area contributed by atoms with Gasteiger partial charge in [-0.15, -0.1) is 11.3 Å². The number of ketones is 1. The van der Waals surface area contributed by atoms with Crippen LogP contribution in [0, 0.1) is 6.92 Å². The lowest BCUT2D eigenvalue weighted by molar-refractivity contribution is -0.132. The van der Waals surface area contributed by atoms with Crippen LogP contribution in [-0.2, 0) is 4.79 Å². The zero-order chi connectivity index (χ0) is 24.1. The van der Waals surface area contributed by atoms with Crippen LogP contribution in [0.1, 0.15) is 63.1 Å². The first-order chi connectivity index (χ1) is 16.4. The van der Waals surface area contributed by atoms with Gasteiger partial charge in [0.05, 0.1) is 17.8 Å². The van der Waals surface area contributed by atoms with E-state index in [4.69, 9.17) is 9.15 Å². The lowest BCUT2D eigenvalue weighted by atomic mass is 9.97. The van der Waals surface area contributed by atoms with Gasteiger partial charge >= 0.3 is 6.01 Å². The molecule has 178 valence electrons. The molecule has 9 nitrogen and oxygen atoms in total. The molecule has 2 amide bonds. The first-order valence-electron chi connectivity index (χ1n) is 11.1. The molecule has 0 unspecified atom stereocenters. The van der Waals surface area contributed by atoms with Gasteiger partial charge in [-0.25, -0.2) is 4.98 Å². The molecule has 3 aromatic rings. The number of amides is 2. The van der Waals surface area contributed by atoms with Crippen molar-refractivity contribution in [2.75, 3.05) is 25.5 Å². The highest BCUT2D eigenvalue weighted by molar-refractivity contribution is 7.10. The molecule has 1 aliphatic rings. The van der Waals surface area contributed by atoms with E-state index in [1.165, 1.54) is 17.6 Å². The summed E-state index contributed by atoms with van der Waals surface area (Å²) in [5.74, 6) is 0.451. The minimum atomic E-state index is -0.363. The Balaban J connectivity index is 1.24. The summed E-state index contributed by atoms with van der Waals surface area (Å²) in [5.41, 5.74) is 1.58. The van der Waals surface area contributed by atoms with Crippen molar-refractivity contribution in [1.82, 2.24) is 14.9 Å². The molecule has 1 aromatic carbocycles. The Kier molecular flexibility index (Phi) is 7.36. The molecule has 0 bridgehead atoms. The number of piperidine rings is 1. The van der Waals surface area contributed by atoms with Crippen molar-refractivity contribution in [3.63, 3.8) is 0 Å². The number of oxazole rings is 1. The Morgan fingerprint density at radius 3 is 2.53 bits per heavy atom. The Labute approximate surface area is 201 Å². The Hall–Kier alpha value is -3.53. The van der Waals surface area contributed by atoms with Gasteiger partial charge in [0.2, 0.25) is 5.91 Å². The van der Waals surface area contributed by atoms with Crippen molar-refractivity contribution in [3.8, 4) is 5.75 Å². The van der Waals surface area contributed by atoms with Crippen molar-refractivity contribution in [1.29, 1.82) is 0 Å². The van der Waals surface area contributed by atoms with Gasteiger partial charge in [-0.3, -0.25) is 19.7 Å². The van der Waals surface area contributed by atoms with Crippen molar-refractivity contribution >= 4 is 34.9 Å². The highest BCUT2D eigenvalue weighted by Gasteiger charge is 2.27. The lowest BCUT2D eigenvalue weighted by Crippen LogP contribution is -2.38. The van der Waals surface area contributed by atoms with Crippen molar-refractivity contribution < 1.29 is 23.5 Å². The Morgan fingerprint density at radius 1 is 1.15 bits per heavy atom. The number of Topliss-reactive ketones (excluding diaryl/α,β-unsaturated/α-hetero) is 1. The summed E-state index contributed by atoms with van der Waals surface area (Å²) >= 11 is 1.44. The van der Waals surface area contributed by atoms with E-state index in [0.29, 0.717) is 35.8 Å². The van der Waals surface area contributed by atoms with Crippen LogP contribution in [0.2, 0.25) is 0 Å². The van der Waals surface area contributed by atoms with Crippen LogP contribution in [-0.4, -0.2) is 52.7 Å². The maximum Gasteiger partial charge on any atom is 0.301 e. The number of hydrogen-bond donors (Lipinski definition) is 1. The van der Waals surface area contributed by atoms with Crippen molar-refractivity contribution in [3.05, 3.63) is 57.9 Å². The number of aromatic nitrogens is 2. The molecule has 3 heterocycles. The van der Waals surface area contributed by atoms with E-state index in [1.807, 2.05) is 4.90 Å². The molecule has 0 atom stereocenters. The monoisotopic (exact) mass is 482 g/mol. The SMILES string of the molecule is COc1ccc(C(=O)CCC(=O)N2CCC(c3nc(C(=O)Nc4nc(C)co4)cs3)CC2)cc1. The van der Waals surface area contributed by atoms with Crippen LogP contribution < -0.4 is 10.1 Å². The van der Waals surface area contributed by atoms with Gasteiger partial charge in [0.1, 0.15) is 17.7 Å². The molecule has 1 saturated heterocycles. The van der Waals surface area contributed by atoms with Gasteiger partial charge in [0.25, 0.3) is 5.91 Å². The molecule has 1 fully saturated rings. The standard InChI is InChI=1S/C24H26N4O5S/c1-15-13-33-24(25-15)27-22(31)19-14-34-23(26-19)17-9-11-28(12-10-17)21(30)8-7-20(29)16-3-5-18(32-2)6-4-16/h3-6,13-14,17H,7-12H2,1-2H3,(H,25,27,31). The molecule has 34 heavy (non-hydrogen) atoms. The number of anilines is 1. The fourth-order valence-electron chi connectivity index (χ4n) is 3.83. The predicted molar refractivity (Wildman–Crippen MR) is 126 cm³/mol. The molecule has 10 heteroatoms. The van der Waals surface area contributed by atoms with Crippen LogP contribution in [0.15, 0.2) is 40.3 Å². The molecular weight excluding hydrogens is 456 g/mol. The normalized spacial score (nSPS) is 14.1. The minimum Gasteiger partial charge on any atom is -0.497 e. The number of carbonyl (C=O) groups excluding carboxylic acids is 3. The first-order valence-corrected chi connectivity index (χ1v) is 11.9. The molecule has 0 radical (unpaired) electrons. The molecule has 0 aliphatic carbocycles. The molecule has 0 saturated carbocycles. The van der Waals surface area contributed by atoms with Crippen LogP contribution >= 0.6 is 11.3 Å². The van der Waals surface area contributed by atoms with Crippen LogP contribution in [0.25, 0.3) is 0 Å². The van der Waals surface area contributed by atoms with Crippen molar-refractivity contribution in [2.45, 2.75) is 38.5 Å². The van der Waals surface area contributed by atoms with Gasteiger partial charge in [-0.2, -0.15) is 4.98 Å². The number of benzene rings is 1. The summed E-state index contributed by atoms with van der Waals surface area (Å²) in [6, 6.07) is 7.05. The number of ether oxygens (including phenoxy) is 1. The van der Waals surface area contributed by atoms with E-state index >= 15 is 0 Å². The Bertz CT molecular complexity index is 1160. The molecular formula is C24H26N4O5S. The molecule has 1 N–H and O–H groups in total. The number of rotatable bonds is 8. The van der Waals surface area contributed by atoms with E-state index in [-0.39, 0.29) is 42.4 Å². The number of aryl methyl sites for hydroxylation is 1. The third kappa shape index (κ3) is 5.69. The number of carbonyl (C=O) groups is 3. The number of hydrogen-bond acceptors (Lipinski definition) is 8. The summed E-state index contributed by atoms with van der Waals surface area (Å²) in [6.45, 7) is 2.99. The molecule has 4 rings (SSSR count). The fourth-order valence-corrected chi connectivity index (χ4v) is 4.80. The second-order valence-electron chi connectivity index (χ2n) is 8.13. The van der Waals surface area contributed by atoms with Gasteiger partial charge in [-0.05, 0) is 44.0 Å². The average molecular weight is 483 g/mol. The second kappa shape index (κ2) is 10.6. The third-order valence-corrected chi connectivity index (χ3v) is 6.78. The largest absolute Gasteiger partial charge is 0.497 e. The van der Waals surface area contributed by atoms with Gasteiger partial charge < -0.3 is 14.1 Å². The van der Waals surface area contributed by atoms with Crippen LogP contribution in [0.3, 0.4) is 0 Å². The maximum atomic E-state index is 12.6. The first kappa shape index (κ1) is 23.6. The van der Waals surface area contributed by atoms with E-state index in [2.05, 4.69) is 15.3 Å². The number of methoxy groups -OCH3 is 1. The minimum absolute atomic E-state index is 0.0132. The average Bonchev–Trinajstić information content (AvgIpc) is 3.52. The smallest absolute Gasteiger partial charge is 0.301 e. The highest BCUT2D eigenvalue weighted by atomic mass is 32.1. The molecule has 2 aromatic heterocycles. The lowest BCUT2D eigenvalue weighted by Gasteiger charge is -2.31. The number of likely N-dealkylation sites (tertiary alicyclic amines) is 1. The summed E-state index contributed by atoms with van der Waals surface area (Å²) < 4.78 is 10.3. The van der Waals surface area contributed by atoms with Crippen LogP contribution in [0.5, 0.6) is 5.75 Å². The predicted octanol–water partition coefficient (Wildman–Crippen LogP) is 4.07. The fraction of sp³-hybridized carbons (Fsp3) is 0.375. The van der Waals surface area contributed by atoms with Crippen molar-refractivity contribution in [2.24, 2.45) is 0 Å². The van der Waals surface area contributed by atoms with E-state index in [0.717, 1.165) is 17.8 Å². The van der Waals surface area contributed by atoms with Gasteiger partial charge in [-0.1, -0.05) is 0 Å². The third-order valence-electron chi connectivity index (χ3n) is 5.77. The molecule has 0 spiro atoms. The van der Waals surface area contributed by atoms with Gasteiger partial charge in [0.15, 0.2) is 5.78 Å². The zero-order valence-corrected chi connectivity index (χ0v) is 19.9. The van der Waals surface area contributed by atoms with Crippen LogP contribution in [0.4, 0.5) is 6.01 Å². The highest BCUT2D eigenvalue weighted by Crippen LogP contribution is 2.31. The number of nitrogens with one attached hydrogen (secondary N) is 1. The maximum absolute atomic E-state index is 12.6. The van der Waals surface area contributed by atoms with E-state index in [1.54, 1.807) is 43.7 Å². The van der Waals surface area contributed by atoms with E-state index in [9.17, 15) is 14.4 Å². The summed E-state index contributed by atoms with van der Waals surface area (Å²) in [4.78, 5) is 47.7. The number of thiazole rings is 1. The van der Waals surface area contributed by atoms with Gasteiger partial charge in [0, 0.05) is 42.8 Å². The van der Waals surface area contributed by atoms with E-state index < -0.39 is 0 Å². The Morgan fingerprint density at radius 2 is 1.88 bits per heavy atom. The zero-order valence-electron chi connectivity index (χ0n) is 19.1. The summed E-state index contributed by atoms with van der Waals surface area (Å²) in [6.07, 6.45) is 3.38. The summed E-state index contributed by atoms with van der Waals surface area (Å²) in [7, 11) is 1.57. The molecule has 1 aliphatic heterocycles. The second-order valence-corrected chi connectivity index (χ2v) is 9.02.